The fourth-order valence-corrected chi connectivity index (χ4v) is 1.50. The van der Waals surface area contributed by atoms with Gasteiger partial charge in [-0.15, -0.1) is 0 Å². The summed E-state index contributed by atoms with van der Waals surface area (Å²) < 4.78 is 0. The molecule has 0 bridgehead atoms. The second kappa shape index (κ2) is 9.17. The number of carbonyl (C=O) groups excluding carboxylic acids is 2. The van der Waals surface area contributed by atoms with Crippen LogP contribution in [0.4, 0.5) is 4.79 Å². The predicted octanol–water partition coefficient (Wildman–Crippen LogP) is 0.653. The number of nitrogens with zero attached hydrogens (tertiary/aromatic N) is 1. The number of amides is 3. The quantitative estimate of drug-likeness (QED) is 0.610. The van der Waals surface area contributed by atoms with Crippen molar-refractivity contribution in [3.8, 4) is 0 Å². The number of hydrogen-bond acceptors (Lipinski definition) is 3. The summed E-state index contributed by atoms with van der Waals surface area (Å²) in [6.07, 6.45) is 0.358. The van der Waals surface area contributed by atoms with Crippen LogP contribution in [0.2, 0.25) is 0 Å². The van der Waals surface area contributed by atoms with Gasteiger partial charge >= 0.3 is 12.0 Å². The van der Waals surface area contributed by atoms with Gasteiger partial charge in [-0.05, 0) is 27.2 Å². The van der Waals surface area contributed by atoms with Crippen LogP contribution < -0.4 is 10.6 Å². The van der Waals surface area contributed by atoms with Crippen molar-refractivity contribution in [3.05, 3.63) is 0 Å². The molecule has 3 amide bonds. The van der Waals surface area contributed by atoms with E-state index < -0.39 is 11.9 Å². The highest BCUT2D eigenvalue weighted by Gasteiger charge is 2.16. The third-order valence-corrected chi connectivity index (χ3v) is 2.73. The lowest BCUT2D eigenvalue weighted by atomic mass is 10.1. The number of carboxylic acids is 1. The monoisotopic (exact) mass is 287 g/mol. The normalized spacial score (nSPS) is 11.8. The van der Waals surface area contributed by atoms with Gasteiger partial charge in [-0.3, -0.25) is 9.59 Å². The molecule has 0 rings (SSSR count). The fraction of sp³-hybridized carbons (Fsp3) is 0.769. The van der Waals surface area contributed by atoms with Crippen molar-refractivity contribution >= 4 is 17.9 Å². The van der Waals surface area contributed by atoms with Gasteiger partial charge in [0.25, 0.3) is 0 Å². The molecular weight excluding hydrogens is 262 g/mol. The van der Waals surface area contributed by atoms with Crippen LogP contribution in [0.3, 0.4) is 0 Å². The highest BCUT2D eigenvalue weighted by molar-refractivity contribution is 5.84. The minimum Gasteiger partial charge on any atom is -0.481 e. The van der Waals surface area contributed by atoms with Crippen molar-refractivity contribution in [1.82, 2.24) is 15.5 Å². The van der Waals surface area contributed by atoms with E-state index in [0.717, 1.165) is 0 Å². The van der Waals surface area contributed by atoms with Crippen LogP contribution in [-0.4, -0.2) is 53.6 Å². The van der Waals surface area contributed by atoms with E-state index in [-0.39, 0.29) is 31.1 Å². The van der Waals surface area contributed by atoms with Crippen molar-refractivity contribution < 1.29 is 19.5 Å². The van der Waals surface area contributed by atoms with E-state index >= 15 is 0 Å². The van der Waals surface area contributed by atoms with Gasteiger partial charge in [0.15, 0.2) is 0 Å². The number of urea groups is 1. The van der Waals surface area contributed by atoms with Gasteiger partial charge in [0.2, 0.25) is 5.91 Å². The molecule has 0 saturated heterocycles. The lowest BCUT2D eigenvalue weighted by molar-refractivity contribution is -0.141. The first-order chi connectivity index (χ1) is 9.27. The molecule has 116 valence electrons. The molecule has 0 saturated carbocycles. The Kier molecular flexibility index (Phi) is 8.35. The highest BCUT2D eigenvalue weighted by Crippen LogP contribution is 2.00. The summed E-state index contributed by atoms with van der Waals surface area (Å²) in [6.45, 7) is 7.74. The average molecular weight is 287 g/mol. The number of likely N-dealkylation sites (N-methyl/N-ethyl adjacent to an activating group) is 1. The molecule has 0 aliphatic rings. The van der Waals surface area contributed by atoms with Crippen LogP contribution in [0.15, 0.2) is 0 Å². The van der Waals surface area contributed by atoms with E-state index in [9.17, 15) is 14.4 Å². The van der Waals surface area contributed by atoms with Crippen LogP contribution in [0, 0.1) is 5.92 Å². The second-order valence-corrected chi connectivity index (χ2v) is 5.00. The zero-order valence-corrected chi connectivity index (χ0v) is 12.6. The van der Waals surface area contributed by atoms with E-state index in [2.05, 4.69) is 10.6 Å². The van der Waals surface area contributed by atoms with Crippen molar-refractivity contribution in [2.45, 2.75) is 40.2 Å². The smallest absolute Gasteiger partial charge is 0.317 e. The summed E-state index contributed by atoms with van der Waals surface area (Å²) in [5.41, 5.74) is 0. The highest BCUT2D eigenvalue weighted by atomic mass is 16.4. The van der Waals surface area contributed by atoms with E-state index in [4.69, 9.17) is 5.11 Å². The first kappa shape index (κ1) is 18.2. The van der Waals surface area contributed by atoms with Crippen molar-refractivity contribution in [2.24, 2.45) is 5.92 Å². The number of hydrogen-bond donors (Lipinski definition) is 3. The van der Waals surface area contributed by atoms with Gasteiger partial charge in [0.1, 0.15) is 6.54 Å². The van der Waals surface area contributed by atoms with E-state index in [1.54, 1.807) is 13.8 Å². The molecule has 0 aliphatic carbocycles. The average Bonchev–Trinajstić information content (AvgIpc) is 2.34. The van der Waals surface area contributed by atoms with Gasteiger partial charge in [-0.2, -0.15) is 0 Å². The van der Waals surface area contributed by atoms with Crippen molar-refractivity contribution in [3.63, 3.8) is 0 Å². The van der Waals surface area contributed by atoms with Gasteiger partial charge in [-0.25, -0.2) is 4.79 Å². The maximum absolute atomic E-state index is 11.8. The number of carboxylic acid groups (broad SMARTS) is 1. The molecule has 1 unspecified atom stereocenters. The molecule has 7 heteroatoms. The summed E-state index contributed by atoms with van der Waals surface area (Å²) in [6, 6.07) is -0.329. The third kappa shape index (κ3) is 7.60. The Morgan fingerprint density at radius 3 is 2.25 bits per heavy atom. The summed E-state index contributed by atoms with van der Waals surface area (Å²) >= 11 is 0. The number of aliphatic carboxylic acids is 1. The summed E-state index contributed by atoms with van der Waals surface area (Å²) in [4.78, 5) is 35.4. The number of carbonyl (C=O) groups is 3. The largest absolute Gasteiger partial charge is 0.481 e. The third-order valence-electron chi connectivity index (χ3n) is 2.73. The van der Waals surface area contributed by atoms with E-state index in [1.165, 1.54) is 4.90 Å². The Morgan fingerprint density at radius 1 is 1.20 bits per heavy atom. The molecule has 0 aromatic heterocycles. The molecule has 0 aromatic carbocycles. The first-order valence-electron chi connectivity index (χ1n) is 6.82. The maximum Gasteiger partial charge on any atom is 0.317 e. The standard InChI is InChI=1S/C13H25N3O4/c1-5-16(8-11(17)15-9(2)3)13(20)14-7-6-10(4)12(18)19/h9-10H,5-8H2,1-4H3,(H,14,20)(H,15,17)(H,18,19). The molecule has 0 heterocycles. The Hall–Kier alpha value is -1.79. The minimum atomic E-state index is -0.886. The molecule has 0 spiro atoms. The Morgan fingerprint density at radius 2 is 1.80 bits per heavy atom. The molecule has 3 N–H and O–H groups in total. The minimum absolute atomic E-state index is 0.00496. The van der Waals surface area contributed by atoms with Crippen LogP contribution in [-0.2, 0) is 9.59 Å². The summed E-state index contributed by atoms with van der Waals surface area (Å²) in [5, 5.41) is 14.1. The van der Waals surface area contributed by atoms with Crippen LogP contribution in [0.25, 0.3) is 0 Å². The Balaban J connectivity index is 4.14. The van der Waals surface area contributed by atoms with E-state index in [0.29, 0.717) is 13.0 Å². The predicted molar refractivity (Wildman–Crippen MR) is 75.3 cm³/mol. The lowest BCUT2D eigenvalue weighted by Gasteiger charge is -2.21. The number of rotatable bonds is 8. The molecule has 0 aliphatic heterocycles. The molecule has 20 heavy (non-hydrogen) atoms. The molecule has 0 aromatic rings. The van der Waals surface area contributed by atoms with Gasteiger partial charge in [0.05, 0.1) is 5.92 Å². The SMILES string of the molecule is CCN(CC(=O)NC(C)C)C(=O)NCCC(C)C(=O)O. The molecule has 1 atom stereocenters. The molecule has 0 radical (unpaired) electrons. The van der Waals surface area contributed by atoms with Gasteiger partial charge in [0, 0.05) is 19.1 Å². The first-order valence-corrected chi connectivity index (χ1v) is 6.82. The fourth-order valence-electron chi connectivity index (χ4n) is 1.50. The molecule has 0 fully saturated rings. The summed E-state index contributed by atoms with van der Waals surface area (Å²) in [7, 11) is 0. The Bertz CT molecular complexity index is 345. The van der Waals surface area contributed by atoms with Gasteiger partial charge < -0.3 is 20.6 Å². The van der Waals surface area contributed by atoms with E-state index in [1.807, 2.05) is 13.8 Å². The molecule has 7 nitrogen and oxygen atoms in total. The van der Waals surface area contributed by atoms with Crippen molar-refractivity contribution in [1.29, 1.82) is 0 Å². The Labute approximate surface area is 119 Å². The number of nitrogens with one attached hydrogen (secondary N) is 2. The topological polar surface area (TPSA) is 98.7 Å². The van der Waals surface area contributed by atoms with Crippen LogP contribution >= 0.6 is 0 Å². The van der Waals surface area contributed by atoms with Gasteiger partial charge in [-0.1, -0.05) is 6.92 Å². The zero-order chi connectivity index (χ0) is 15.7. The summed E-state index contributed by atoms with van der Waals surface area (Å²) in [5.74, 6) is -1.60. The zero-order valence-electron chi connectivity index (χ0n) is 12.6. The second-order valence-electron chi connectivity index (χ2n) is 5.00. The van der Waals surface area contributed by atoms with Crippen molar-refractivity contribution in [2.75, 3.05) is 19.6 Å². The lowest BCUT2D eigenvalue weighted by Crippen LogP contribution is -2.46. The molecular formula is C13H25N3O4. The maximum atomic E-state index is 11.8. The van der Waals surface area contributed by atoms with Crippen LogP contribution in [0.1, 0.15) is 34.1 Å². The van der Waals surface area contributed by atoms with Crippen LogP contribution in [0.5, 0.6) is 0 Å².